The second-order valence-electron chi connectivity index (χ2n) is 5.45. The Kier molecular flexibility index (Phi) is 5.58. The molecular weight excluding hydrogens is 352 g/mol. The van der Waals surface area contributed by atoms with Crippen molar-refractivity contribution in [3.8, 4) is 17.2 Å². The van der Waals surface area contributed by atoms with Gasteiger partial charge in [0, 0.05) is 10.5 Å². The molecule has 3 rings (SSSR count). The van der Waals surface area contributed by atoms with Gasteiger partial charge in [-0.1, -0.05) is 0 Å². The van der Waals surface area contributed by atoms with E-state index in [4.69, 9.17) is 13.9 Å². The quantitative estimate of drug-likeness (QED) is 0.471. The summed E-state index contributed by atoms with van der Waals surface area (Å²) in [5.41, 5.74) is 1.24. The number of carbonyl (C=O) groups excluding carboxylic acids is 1. The van der Waals surface area contributed by atoms with Crippen LogP contribution in [0, 0.1) is 0 Å². The second-order valence-corrected chi connectivity index (χ2v) is 6.33. The summed E-state index contributed by atoms with van der Waals surface area (Å²) < 4.78 is 16.2. The molecule has 0 amide bonds. The van der Waals surface area contributed by atoms with E-state index in [0.29, 0.717) is 11.5 Å². The number of methoxy groups -OCH3 is 1. The molecule has 1 heterocycles. The van der Waals surface area contributed by atoms with E-state index in [1.165, 1.54) is 0 Å². The molecule has 0 aliphatic rings. The highest BCUT2D eigenvalue weighted by atomic mass is 32.2. The molecular formula is C19H18N2O4S. The molecule has 0 N–H and O–H groups in total. The van der Waals surface area contributed by atoms with Gasteiger partial charge in [-0.15, -0.1) is 22.0 Å². The lowest BCUT2D eigenvalue weighted by molar-refractivity contribution is 0.0280. The van der Waals surface area contributed by atoms with Crippen molar-refractivity contribution in [2.45, 2.75) is 17.9 Å². The number of aromatic nitrogens is 2. The van der Waals surface area contributed by atoms with Crippen LogP contribution < -0.4 is 4.74 Å². The Bertz CT molecular complexity index is 875. The Hall–Kier alpha value is -2.80. The van der Waals surface area contributed by atoms with E-state index in [9.17, 15) is 4.79 Å². The van der Waals surface area contributed by atoms with E-state index in [-0.39, 0.29) is 5.89 Å². The number of benzene rings is 2. The van der Waals surface area contributed by atoms with Gasteiger partial charge in [-0.3, -0.25) is 0 Å². The van der Waals surface area contributed by atoms with Gasteiger partial charge in [0.1, 0.15) is 5.75 Å². The molecule has 0 saturated heterocycles. The minimum absolute atomic E-state index is 0.241. The van der Waals surface area contributed by atoms with E-state index < -0.39 is 12.1 Å². The van der Waals surface area contributed by atoms with Crippen LogP contribution >= 0.6 is 11.8 Å². The molecule has 0 fully saturated rings. The fourth-order valence-corrected chi connectivity index (χ4v) is 2.66. The Morgan fingerprint density at radius 1 is 1.08 bits per heavy atom. The summed E-state index contributed by atoms with van der Waals surface area (Å²) in [6.07, 6.45) is 1.33. The Balaban J connectivity index is 1.68. The minimum Gasteiger partial charge on any atom is -0.497 e. The van der Waals surface area contributed by atoms with Crippen LogP contribution in [0.4, 0.5) is 0 Å². The van der Waals surface area contributed by atoms with Crippen molar-refractivity contribution in [2.24, 2.45) is 0 Å². The number of rotatable bonds is 6. The molecule has 0 spiro atoms. The number of hydrogen-bond donors (Lipinski definition) is 0. The normalized spacial score (nSPS) is 11.8. The maximum absolute atomic E-state index is 12.2. The topological polar surface area (TPSA) is 74.5 Å². The molecule has 134 valence electrons. The van der Waals surface area contributed by atoms with Gasteiger partial charge in [0.25, 0.3) is 5.89 Å². The summed E-state index contributed by atoms with van der Waals surface area (Å²) in [7, 11) is 1.60. The third kappa shape index (κ3) is 4.05. The van der Waals surface area contributed by atoms with Crippen molar-refractivity contribution in [3.63, 3.8) is 0 Å². The largest absolute Gasteiger partial charge is 0.497 e. The molecule has 0 bridgehead atoms. The molecule has 1 unspecified atom stereocenters. The van der Waals surface area contributed by atoms with Crippen LogP contribution in [-0.2, 0) is 4.74 Å². The molecule has 1 aromatic heterocycles. The van der Waals surface area contributed by atoms with Crippen LogP contribution in [0.1, 0.15) is 29.3 Å². The molecule has 3 aromatic rings. The molecule has 0 radical (unpaired) electrons. The molecule has 26 heavy (non-hydrogen) atoms. The number of hydrogen-bond acceptors (Lipinski definition) is 7. The first kappa shape index (κ1) is 18.0. The summed E-state index contributed by atoms with van der Waals surface area (Å²) in [6.45, 7) is 1.69. The molecule has 2 aromatic carbocycles. The van der Waals surface area contributed by atoms with Crippen molar-refractivity contribution in [2.75, 3.05) is 13.4 Å². The van der Waals surface area contributed by atoms with Gasteiger partial charge >= 0.3 is 5.97 Å². The van der Waals surface area contributed by atoms with Crippen molar-refractivity contribution >= 4 is 17.7 Å². The number of nitrogens with zero attached hydrogens (tertiary/aromatic N) is 2. The van der Waals surface area contributed by atoms with Crippen LogP contribution in [0.3, 0.4) is 0 Å². The number of ether oxygens (including phenoxy) is 2. The van der Waals surface area contributed by atoms with Crippen molar-refractivity contribution in [1.82, 2.24) is 10.2 Å². The lowest BCUT2D eigenvalue weighted by Gasteiger charge is -2.09. The smallest absolute Gasteiger partial charge is 0.338 e. The van der Waals surface area contributed by atoms with E-state index in [1.807, 2.05) is 30.5 Å². The Labute approximate surface area is 155 Å². The average Bonchev–Trinajstić information content (AvgIpc) is 3.18. The first-order valence-electron chi connectivity index (χ1n) is 7.93. The van der Waals surface area contributed by atoms with Gasteiger partial charge in [-0.25, -0.2) is 4.79 Å². The van der Waals surface area contributed by atoms with Gasteiger partial charge in [0.15, 0.2) is 6.10 Å². The zero-order valence-electron chi connectivity index (χ0n) is 14.6. The lowest BCUT2D eigenvalue weighted by Crippen LogP contribution is -2.09. The molecule has 7 heteroatoms. The van der Waals surface area contributed by atoms with Crippen LogP contribution in [0.25, 0.3) is 11.5 Å². The van der Waals surface area contributed by atoms with Crippen LogP contribution in [-0.4, -0.2) is 29.5 Å². The fourth-order valence-electron chi connectivity index (χ4n) is 2.26. The Morgan fingerprint density at radius 2 is 1.77 bits per heavy atom. The monoisotopic (exact) mass is 370 g/mol. The van der Waals surface area contributed by atoms with Gasteiger partial charge < -0.3 is 13.9 Å². The average molecular weight is 370 g/mol. The summed E-state index contributed by atoms with van der Waals surface area (Å²) >= 11 is 1.61. The highest BCUT2D eigenvalue weighted by Crippen LogP contribution is 2.25. The summed E-state index contributed by atoms with van der Waals surface area (Å²) in [6, 6.07) is 14.5. The summed E-state index contributed by atoms with van der Waals surface area (Å²) in [5, 5.41) is 7.99. The molecule has 0 aliphatic carbocycles. The second kappa shape index (κ2) is 8.05. The van der Waals surface area contributed by atoms with E-state index in [1.54, 1.807) is 50.1 Å². The number of carbonyl (C=O) groups is 1. The molecule has 0 aliphatic heterocycles. The number of esters is 1. The predicted molar refractivity (Wildman–Crippen MR) is 98.3 cm³/mol. The fraction of sp³-hybridized carbons (Fsp3) is 0.211. The van der Waals surface area contributed by atoms with Gasteiger partial charge in [-0.2, -0.15) is 0 Å². The van der Waals surface area contributed by atoms with Crippen molar-refractivity contribution < 1.29 is 18.7 Å². The molecule has 1 atom stereocenters. The van der Waals surface area contributed by atoms with Crippen LogP contribution in [0.2, 0.25) is 0 Å². The Morgan fingerprint density at radius 3 is 2.38 bits per heavy atom. The van der Waals surface area contributed by atoms with E-state index in [0.717, 1.165) is 16.2 Å². The minimum atomic E-state index is -0.651. The molecule has 6 nitrogen and oxygen atoms in total. The highest BCUT2D eigenvalue weighted by Gasteiger charge is 2.20. The first-order chi connectivity index (χ1) is 12.6. The first-order valence-corrected chi connectivity index (χ1v) is 9.16. The van der Waals surface area contributed by atoms with Crippen molar-refractivity contribution in [1.29, 1.82) is 0 Å². The summed E-state index contributed by atoms with van der Waals surface area (Å²) in [5.74, 6) is 0.900. The maximum atomic E-state index is 12.2. The SMILES string of the molecule is COc1ccc(-c2nnc(C(C)OC(=O)c3ccc(SC)cc3)o2)cc1. The van der Waals surface area contributed by atoms with E-state index >= 15 is 0 Å². The number of thioether (sulfide) groups is 1. The zero-order valence-corrected chi connectivity index (χ0v) is 15.4. The van der Waals surface area contributed by atoms with E-state index in [2.05, 4.69) is 10.2 Å². The van der Waals surface area contributed by atoms with Crippen LogP contribution in [0.15, 0.2) is 57.8 Å². The van der Waals surface area contributed by atoms with Gasteiger partial charge in [-0.05, 0) is 61.7 Å². The third-order valence-electron chi connectivity index (χ3n) is 3.73. The highest BCUT2D eigenvalue weighted by molar-refractivity contribution is 7.98. The standard InChI is InChI=1S/C19H18N2O4S/c1-12(24-19(22)14-6-10-16(26-3)11-7-14)17-20-21-18(25-17)13-4-8-15(23-2)9-5-13/h4-12H,1-3H3. The van der Waals surface area contributed by atoms with Gasteiger partial charge in [0.05, 0.1) is 12.7 Å². The van der Waals surface area contributed by atoms with Crippen molar-refractivity contribution in [3.05, 3.63) is 60.0 Å². The summed E-state index contributed by atoms with van der Waals surface area (Å²) in [4.78, 5) is 13.3. The maximum Gasteiger partial charge on any atom is 0.338 e. The molecule has 0 saturated carbocycles. The zero-order chi connectivity index (χ0) is 18.5. The third-order valence-corrected chi connectivity index (χ3v) is 4.48. The lowest BCUT2D eigenvalue weighted by atomic mass is 10.2. The van der Waals surface area contributed by atoms with Crippen LogP contribution in [0.5, 0.6) is 5.75 Å². The van der Waals surface area contributed by atoms with Gasteiger partial charge in [0.2, 0.25) is 5.89 Å². The predicted octanol–water partition coefficient (Wildman–Crippen LogP) is 4.39.